The summed E-state index contributed by atoms with van der Waals surface area (Å²) in [7, 11) is 0. The number of H-pyrrole nitrogens is 2. The van der Waals surface area contributed by atoms with Crippen LogP contribution in [0.1, 0.15) is 165 Å². The Bertz CT molecular complexity index is 2120. The molecule has 6 rings (SSSR count). The summed E-state index contributed by atoms with van der Waals surface area (Å²) in [6.45, 7) is 23.6. The van der Waals surface area contributed by atoms with E-state index in [1.54, 1.807) is 0 Å². The molecule has 2 aromatic carbocycles. The highest BCUT2D eigenvalue weighted by atomic mass is 16.6. The maximum atomic E-state index is 13.9. The molecule has 66 heavy (non-hydrogen) atoms. The molecule has 4 aromatic rings. The summed E-state index contributed by atoms with van der Waals surface area (Å²) in [5.41, 5.74) is 3.88. The van der Waals surface area contributed by atoms with Crippen LogP contribution in [0.3, 0.4) is 0 Å². The second-order valence-corrected chi connectivity index (χ2v) is 22.7. The summed E-state index contributed by atoms with van der Waals surface area (Å²) in [6, 6.07) is 15.6. The van der Waals surface area contributed by atoms with Gasteiger partial charge in [-0.1, -0.05) is 116 Å². The van der Waals surface area contributed by atoms with Gasteiger partial charge in [0.1, 0.15) is 22.9 Å². The van der Waals surface area contributed by atoms with E-state index in [9.17, 15) is 19.2 Å². The van der Waals surface area contributed by atoms with E-state index in [1.807, 2.05) is 53.9 Å². The number of carbonyl (C=O) groups is 4. The van der Waals surface area contributed by atoms with Crippen molar-refractivity contribution in [1.82, 2.24) is 35.9 Å². The van der Waals surface area contributed by atoms with Gasteiger partial charge in [0.05, 0.1) is 41.8 Å². The van der Waals surface area contributed by atoms with Crippen molar-refractivity contribution in [3.8, 4) is 33.6 Å². The summed E-state index contributed by atoms with van der Waals surface area (Å²) in [5, 5.41) is 9.59. The Morgan fingerprint density at radius 2 is 0.985 bits per heavy atom. The molecule has 0 bridgehead atoms. The first-order valence-corrected chi connectivity index (χ1v) is 24.0. The van der Waals surface area contributed by atoms with Crippen LogP contribution in [0.5, 0.6) is 0 Å². The molecule has 2 aliphatic carbocycles. The van der Waals surface area contributed by atoms with Gasteiger partial charge in [0.15, 0.2) is 0 Å². The van der Waals surface area contributed by atoms with E-state index in [1.165, 1.54) is 0 Å². The van der Waals surface area contributed by atoms with E-state index in [0.717, 1.165) is 78.6 Å². The average Bonchev–Trinajstić information content (AvgIpc) is 3.91. The lowest BCUT2D eigenvalue weighted by atomic mass is 9.76. The maximum absolute atomic E-state index is 13.9. The summed E-state index contributed by atoms with van der Waals surface area (Å²) in [6.07, 6.45) is 10.2. The highest BCUT2D eigenvalue weighted by Crippen LogP contribution is 2.38. The number of alkyl carbamates (subject to hydrolysis) is 1. The van der Waals surface area contributed by atoms with Crippen LogP contribution in [0.4, 0.5) is 4.79 Å². The summed E-state index contributed by atoms with van der Waals surface area (Å²) in [5.74, 6) is 0.280. The van der Waals surface area contributed by atoms with E-state index >= 15 is 0 Å². The molecule has 13 heteroatoms. The van der Waals surface area contributed by atoms with Crippen molar-refractivity contribution in [2.24, 2.45) is 28.6 Å². The van der Waals surface area contributed by atoms with Crippen LogP contribution < -0.4 is 16.0 Å². The predicted octanol–water partition coefficient (Wildman–Crippen LogP) is 11.2. The molecule has 4 unspecified atom stereocenters. The fourth-order valence-electron chi connectivity index (χ4n) is 9.30. The lowest BCUT2D eigenvalue weighted by Crippen LogP contribution is -2.51. The number of imidazole rings is 2. The summed E-state index contributed by atoms with van der Waals surface area (Å²) < 4.78 is 11.1. The summed E-state index contributed by atoms with van der Waals surface area (Å²) in [4.78, 5) is 69.8. The van der Waals surface area contributed by atoms with Crippen molar-refractivity contribution in [2.45, 2.75) is 170 Å². The number of hydrogen-bond donors (Lipinski definition) is 5. The lowest BCUT2D eigenvalue weighted by Gasteiger charge is -2.35. The van der Waals surface area contributed by atoms with Gasteiger partial charge in [-0.05, 0) is 106 Å². The minimum Gasteiger partial charge on any atom is -0.460 e. The van der Waals surface area contributed by atoms with Crippen molar-refractivity contribution in [3.05, 3.63) is 72.6 Å². The van der Waals surface area contributed by atoms with Crippen molar-refractivity contribution < 1.29 is 28.7 Å². The van der Waals surface area contributed by atoms with Gasteiger partial charge in [0.2, 0.25) is 11.8 Å². The molecular weight excluding hydrogens is 831 g/mol. The van der Waals surface area contributed by atoms with Crippen molar-refractivity contribution in [3.63, 3.8) is 0 Å². The highest BCUT2D eigenvalue weighted by Gasteiger charge is 2.39. The molecule has 5 N–H and O–H groups in total. The molecule has 2 heterocycles. The Morgan fingerprint density at radius 3 is 1.44 bits per heavy atom. The topological polar surface area (TPSA) is 180 Å². The number of hydrogen-bond acceptors (Lipinski definition) is 8. The molecule has 6 atom stereocenters. The molecule has 0 saturated heterocycles. The zero-order valence-electron chi connectivity index (χ0n) is 41.4. The Hall–Kier alpha value is -5.46. The number of rotatable bonds is 12. The quantitative estimate of drug-likeness (QED) is 0.0871. The number of aromatic amines is 2. The number of aromatic nitrogens is 4. The smallest absolute Gasteiger partial charge is 0.407 e. The Labute approximate surface area is 392 Å². The predicted molar refractivity (Wildman–Crippen MR) is 259 cm³/mol. The molecule has 0 aliphatic heterocycles. The zero-order chi connectivity index (χ0) is 48.2. The van der Waals surface area contributed by atoms with E-state index in [4.69, 9.17) is 19.4 Å². The van der Waals surface area contributed by atoms with Crippen molar-refractivity contribution >= 4 is 23.9 Å². The highest BCUT2D eigenvalue weighted by molar-refractivity contribution is 5.82. The van der Waals surface area contributed by atoms with Gasteiger partial charge in [-0.25, -0.2) is 14.8 Å². The van der Waals surface area contributed by atoms with Crippen LogP contribution in [0.2, 0.25) is 0 Å². The third-order valence-corrected chi connectivity index (χ3v) is 12.7. The molecule has 358 valence electrons. The third kappa shape index (κ3) is 13.3. The van der Waals surface area contributed by atoms with Gasteiger partial charge < -0.3 is 35.4 Å². The van der Waals surface area contributed by atoms with Gasteiger partial charge in [-0.3, -0.25) is 14.4 Å². The van der Waals surface area contributed by atoms with Crippen LogP contribution in [0.25, 0.3) is 33.6 Å². The van der Waals surface area contributed by atoms with Crippen LogP contribution in [-0.4, -0.2) is 61.1 Å². The fourth-order valence-corrected chi connectivity index (χ4v) is 9.30. The average molecular weight is 906 g/mol. The van der Waals surface area contributed by atoms with E-state index in [0.29, 0.717) is 18.1 Å². The first kappa shape index (κ1) is 50.0. The van der Waals surface area contributed by atoms with Gasteiger partial charge in [0, 0.05) is 18.4 Å². The number of nitrogens with one attached hydrogen (secondary N) is 5. The molecule has 13 nitrogen and oxygen atoms in total. The molecule has 3 amide bonds. The SMILES string of the molecule is CC(C)(C)OC(=O)CC1CCCCC1C(=O)N[C@H](c1ncc(-c2ccc(-c3ccc(-c4cnc([C@@H](NC(=O)C5CCCCC5NC(=O)OC(C)(C)C)C(C)(C)C)[nH]4)cc3)cc2)[nH]1)C(C)(C)C. The number of benzene rings is 2. The maximum Gasteiger partial charge on any atom is 0.407 e. The normalized spacial score (nSPS) is 20.4. The van der Waals surface area contributed by atoms with E-state index < -0.39 is 23.3 Å². The van der Waals surface area contributed by atoms with Crippen LogP contribution in [-0.2, 0) is 23.9 Å². The minimum atomic E-state index is -0.625. The van der Waals surface area contributed by atoms with Crippen LogP contribution in [0, 0.1) is 28.6 Å². The second kappa shape index (κ2) is 20.2. The number of ether oxygens (including phenoxy) is 2. The standard InChI is InChI=1S/C53H75N7O6/c1-50(2,3)43(59-47(62)37-18-14-13-17-36(37)29-42(61)65-52(7,8)9)45-54-30-40(56-45)34-25-21-32(22-26-34)33-23-27-35(28-24-33)41-31-55-46(57-41)44(51(4,5)6)60-48(63)38-19-15-16-20-39(38)58-49(64)66-53(10,11)12/h21-28,30-31,36-39,43-44H,13-20,29H2,1-12H3,(H,54,56)(H,55,57)(H,58,64)(H,59,62)(H,60,63)/t36?,37?,38?,39?,43-,44-/m1/s1. The molecule has 2 saturated carbocycles. The van der Waals surface area contributed by atoms with E-state index in [-0.39, 0.29) is 64.9 Å². The van der Waals surface area contributed by atoms with Gasteiger partial charge in [-0.2, -0.15) is 0 Å². The lowest BCUT2D eigenvalue weighted by molar-refractivity contribution is -0.157. The van der Waals surface area contributed by atoms with Crippen LogP contribution in [0.15, 0.2) is 60.9 Å². The first-order chi connectivity index (χ1) is 30.8. The van der Waals surface area contributed by atoms with E-state index in [2.05, 4.69) is 116 Å². The largest absolute Gasteiger partial charge is 0.460 e. The summed E-state index contributed by atoms with van der Waals surface area (Å²) >= 11 is 0. The number of esters is 1. The number of nitrogens with zero attached hydrogens (tertiary/aromatic N) is 2. The van der Waals surface area contributed by atoms with Crippen molar-refractivity contribution in [1.29, 1.82) is 0 Å². The molecule has 2 fully saturated rings. The molecule has 2 aliphatic rings. The van der Waals surface area contributed by atoms with Crippen LogP contribution >= 0.6 is 0 Å². The van der Waals surface area contributed by atoms with Gasteiger partial charge in [-0.15, -0.1) is 0 Å². The van der Waals surface area contributed by atoms with Gasteiger partial charge >= 0.3 is 12.1 Å². The zero-order valence-corrected chi connectivity index (χ0v) is 41.4. The fraction of sp³-hybridized carbons (Fsp3) is 0.585. The van der Waals surface area contributed by atoms with Crippen molar-refractivity contribution in [2.75, 3.05) is 0 Å². The molecule has 0 radical (unpaired) electrons. The monoisotopic (exact) mass is 906 g/mol. The second-order valence-electron chi connectivity index (χ2n) is 22.7. The van der Waals surface area contributed by atoms with Gasteiger partial charge in [0.25, 0.3) is 0 Å². The molecule has 0 spiro atoms. The Morgan fingerprint density at radius 1 is 0.576 bits per heavy atom. The number of carbonyl (C=O) groups excluding carboxylic acids is 4. The Kier molecular flexibility index (Phi) is 15.3. The first-order valence-electron chi connectivity index (χ1n) is 24.0. The molecule has 2 aromatic heterocycles. The Balaban J connectivity index is 1.10. The minimum absolute atomic E-state index is 0.0394. The molecular formula is C53H75N7O6. The third-order valence-electron chi connectivity index (χ3n) is 12.7. The number of amides is 3.